The van der Waals surface area contributed by atoms with Gasteiger partial charge in [0.1, 0.15) is 0 Å². The van der Waals surface area contributed by atoms with Crippen molar-refractivity contribution in [3.8, 4) is 0 Å². The lowest BCUT2D eigenvalue weighted by Gasteiger charge is -2.31. The van der Waals surface area contributed by atoms with E-state index in [0.717, 1.165) is 0 Å². The smallest absolute Gasteiger partial charge is 0.221 e. The molecule has 0 spiro atoms. The van der Waals surface area contributed by atoms with Gasteiger partial charge in [0.25, 0.3) is 0 Å². The van der Waals surface area contributed by atoms with Gasteiger partial charge in [-0.25, -0.2) is 4.39 Å². The normalized spacial score (nSPS) is 40.3. The van der Waals surface area contributed by atoms with E-state index in [9.17, 15) is 4.39 Å². The predicted octanol–water partition coefficient (Wildman–Crippen LogP) is 1.47. The molecule has 1 fully saturated rings. The summed E-state index contributed by atoms with van der Waals surface area (Å²) in [6.07, 6.45) is 0.540. The lowest BCUT2D eigenvalue weighted by molar-refractivity contribution is -0.214. The Labute approximate surface area is 50.0 Å². The highest BCUT2D eigenvalue weighted by atomic mass is 79.9. The fourth-order valence-electron chi connectivity index (χ4n) is 0.429. The van der Waals surface area contributed by atoms with Gasteiger partial charge in [-0.3, -0.25) is 0 Å². The maximum Gasteiger partial charge on any atom is 0.221 e. The number of alkyl halides is 2. The van der Waals surface area contributed by atoms with Crippen molar-refractivity contribution in [2.24, 2.45) is 0 Å². The van der Waals surface area contributed by atoms with Crippen LogP contribution in [0.2, 0.25) is 0 Å². The van der Waals surface area contributed by atoms with Gasteiger partial charge in [-0.05, 0) is 0 Å². The molecule has 0 aromatic carbocycles. The molecular formula is C4H6BrFO. The van der Waals surface area contributed by atoms with Crippen LogP contribution in [0.3, 0.4) is 0 Å². The van der Waals surface area contributed by atoms with E-state index in [2.05, 4.69) is 20.7 Å². The summed E-state index contributed by atoms with van der Waals surface area (Å²) in [6.45, 7) is 0.572. The fraction of sp³-hybridized carbons (Fsp3) is 1.00. The van der Waals surface area contributed by atoms with Gasteiger partial charge in [0.05, 0.1) is 11.9 Å². The molecule has 1 unspecified atom stereocenters. The minimum atomic E-state index is -1.32. The van der Waals surface area contributed by atoms with Crippen LogP contribution in [0.15, 0.2) is 0 Å². The van der Waals surface area contributed by atoms with Crippen LogP contribution in [0, 0.1) is 0 Å². The van der Waals surface area contributed by atoms with Gasteiger partial charge in [-0.15, -0.1) is 0 Å². The second-order valence-electron chi connectivity index (χ2n) is 1.62. The van der Waals surface area contributed by atoms with Crippen LogP contribution < -0.4 is 0 Å². The summed E-state index contributed by atoms with van der Waals surface area (Å²) in [5.41, 5.74) is 0. The molecule has 1 atom stereocenters. The topological polar surface area (TPSA) is 9.23 Å². The largest absolute Gasteiger partial charge is 0.345 e. The van der Waals surface area contributed by atoms with E-state index >= 15 is 0 Å². The van der Waals surface area contributed by atoms with Crippen LogP contribution in [-0.2, 0) is 4.74 Å². The Morgan fingerprint density at radius 2 is 2.43 bits per heavy atom. The Morgan fingerprint density at radius 1 is 1.86 bits per heavy atom. The zero-order valence-electron chi connectivity index (χ0n) is 3.79. The third-order valence-corrected chi connectivity index (χ3v) is 1.87. The molecule has 0 saturated carbocycles. The van der Waals surface area contributed by atoms with Gasteiger partial charge in [-0.2, -0.15) is 0 Å². The van der Waals surface area contributed by atoms with E-state index < -0.39 is 5.85 Å². The minimum Gasteiger partial charge on any atom is -0.345 e. The van der Waals surface area contributed by atoms with E-state index in [1.165, 1.54) is 0 Å². The molecule has 1 nitrogen and oxygen atoms in total. The Morgan fingerprint density at radius 3 is 2.43 bits per heavy atom. The van der Waals surface area contributed by atoms with Crippen LogP contribution in [-0.4, -0.2) is 17.8 Å². The molecule has 3 heteroatoms. The van der Waals surface area contributed by atoms with Crippen molar-refractivity contribution in [1.29, 1.82) is 0 Å². The molecule has 42 valence electrons. The predicted molar refractivity (Wildman–Crippen MR) is 28.2 cm³/mol. The van der Waals surface area contributed by atoms with Crippen molar-refractivity contribution in [2.45, 2.75) is 12.3 Å². The lowest BCUT2D eigenvalue weighted by atomic mass is 10.2. The van der Waals surface area contributed by atoms with Crippen LogP contribution in [0.1, 0.15) is 6.42 Å². The number of hydrogen-bond donors (Lipinski definition) is 0. The van der Waals surface area contributed by atoms with Crippen molar-refractivity contribution in [1.82, 2.24) is 0 Å². The summed E-state index contributed by atoms with van der Waals surface area (Å²) in [5.74, 6) is -1.32. The van der Waals surface area contributed by atoms with Gasteiger partial charge in [-0.1, -0.05) is 15.9 Å². The van der Waals surface area contributed by atoms with Crippen molar-refractivity contribution in [3.05, 3.63) is 0 Å². The second-order valence-corrected chi connectivity index (χ2v) is 2.18. The third kappa shape index (κ3) is 0.941. The summed E-state index contributed by atoms with van der Waals surface area (Å²) in [7, 11) is 0. The monoisotopic (exact) mass is 168 g/mol. The quantitative estimate of drug-likeness (QED) is 0.540. The first-order chi connectivity index (χ1) is 3.27. The molecule has 1 rings (SSSR count). The molecule has 0 bridgehead atoms. The maximum absolute atomic E-state index is 12.4. The molecule has 1 aliphatic rings. The Kier molecular flexibility index (Phi) is 1.34. The highest BCUT2D eigenvalue weighted by Crippen LogP contribution is 2.29. The van der Waals surface area contributed by atoms with Crippen LogP contribution in [0.5, 0.6) is 0 Å². The molecule has 1 aliphatic heterocycles. The first-order valence-corrected chi connectivity index (χ1v) is 3.28. The average molecular weight is 169 g/mol. The van der Waals surface area contributed by atoms with Crippen molar-refractivity contribution >= 4 is 15.9 Å². The Balaban J connectivity index is 2.29. The average Bonchev–Trinajstić information content (AvgIpc) is 1.61. The highest BCUT2D eigenvalue weighted by molar-refractivity contribution is 9.09. The molecule has 1 heterocycles. The number of hydrogen-bond acceptors (Lipinski definition) is 1. The van der Waals surface area contributed by atoms with Gasteiger partial charge < -0.3 is 4.74 Å². The molecule has 1 saturated heterocycles. The van der Waals surface area contributed by atoms with Gasteiger partial charge in [0.2, 0.25) is 5.85 Å². The van der Waals surface area contributed by atoms with Gasteiger partial charge in [0, 0.05) is 6.42 Å². The SMILES string of the molecule is FC1(CBr)CCO1. The molecule has 0 aliphatic carbocycles. The zero-order valence-corrected chi connectivity index (χ0v) is 5.37. The van der Waals surface area contributed by atoms with E-state index in [1.54, 1.807) is 0 Å². The van der Waals surface area contributed by atoms with Crippen LogP contribution in [0.4, 0.5) is 4.39 Å². The molecule has 0 aromatic rings. The summed E-state index contributed by atoms with van der Waals surface area (Å²) < 4.78 is 16.9. The summed E-state index contributed by atoms with van der Waals surface area (Å²) in [5, 5.41) is 0.306. The number of ether oxygens (including phenoxy) is 1. The van der Waals surface area contributed by atoms with E-state index in [1.807, 2.05) is 0 Å². The standard InChI is InChI=1S/C4H6BrFO/c5-3-4(6)1-2-7-4/h1-3H2. The summed E-state index contributed by atoms with van der Waals surface area (Å²) in [4.78, 5) is 0. The van der Waals surface area contributed by atoms with Crippen molar-refractivity contribution < 1.29 is 9.13 Å². The fourth-order valence-corrected chi connectivity index (χ4v) is 0.871. The van der Waals surface area contributed by atoms with Crippen LogP contribution >= 0.6 is 15.9 Å². The molecule has 0 aromatic heterocycles. The maximum atomic E-state index is 12.4. The summed E-state index contributed by atoms with van der Waals surface area (Å²) in [6, 6.07) is 0. The molecule has 7 heavy (non-hydrogen) atoms. The Bertz CT molecular complexity index is 66.6. The third-order valence-electron chi connectivity index (χ3n) is 1.04. The van der Waals surface area contributed by atoms with E-state index in [4.69, 9.17) is 0 Å². The van der Waals surface area contributed by atoms with E-state index in [-0.39, 0.29) is 0 Å². The van der Waals surface area contributed by atoms with Crippen molar-refractivity contribution in [3.63, 3.8) is 0 Å². The first-order valence-electron chi connectivity index (χ1n) is 2.16. The summed E-state index contributed by atoms with van der Waals surface area (Å²) >= 11 is 2.98. The lowest BCUT2D eigenvalue weighted by Crippen LogP contribution is -2.40. The molecule has 0 N–H and O–H groups in total. The Hall–Kier alpha value is 0.370. The number of halogens is 2. The first kappa shape index (κ1) is 5.51. The van der Waals surface area contributed by atoms with Crippen molar-refractivity contribution in [2.75, 3.05) is 11.9 Å². The van der Waals surface area contributed by atoms with Crippen LogP contribution in [0.25, 0.3) is 0 Å². The number of rotatable bonds is 1. The van der Waals surface area contributed by atoms with E-state index in [0.29, 0.717) is 18.4 Å². The molecular weight excluding hydrogens is 163 g/mol. The zero-order chi connectivity index (χ0) is 5.33. The van der Waals surface area contributed by atoms with Gasteiger partial charge >= 0.3 is 0 Å². The molecule has 0 radical (unpaired) electrons. The second kappa shape index (κ2) is 1.71. The highest BCUT2D eigenvalue weighted by Gasteiger charge is 2.36. The minimum absolute atomic E-state index is 0.306. The van der Waals surface area contributed by atoms with Gasteiger partial charge in [0.15, 0.2) is 0 Å². The molecule has 0 amide bonds.